The number of carbonyl (C=O) groups is 1. The van der Waals surface area contributed by atoms with E-state index in [0.717, 1.165) is 25.3 Å². The lowest BCUT2D eigenvalue weighted by Crippen LogP contribution is -2.39. The second kappa shape index (κ2) is 7.51. The predicted octanol–water partition coefficient (Wildman–Crippen LogP) is 4.85. The van der Waals surface area contributed by atoms with Crippen LogP contribution in [0.15, 0.2) is 23.1 Å². The molecule has 1 aromatic rings. The third-order valence-corrected chi connectivity index (χ3v) is 4.72. The zero-order valence-electron chi connectivity index (χ0n) is 13.8. The number of thioether (sulfide) groups is 1. The van der Waals surface area contributed by atoms with Gasteiger partial charge in [0.2, 0.25) is 0 Å². The number of amides is 1. The Morgan fingerprint density at radius 1 is 1.26 bits per heavy atom. The van der Waals surface area contributed by atoms with E-state index < -0.39 is 17.2 Å². The molecule has 0 N–H and O–H groups in total. The summed E-state index contributed by atoms with van der Waals surface area (Å²) >= 11 is 1.48. The van der Waals surface area contributed by atoms with Gasteiger partial charge in [0.15, 0.2) is 11.6 Å². The Bertz CT molecular complexity index is 560. The molecular weight excluding hydrogens is 320 g/mol. The van der Waals surface area contributed by atoms with Crippen molar-refractivity contribution in [1.82, 2.24) is 4.90 Å². The molecule has 3 nitrogen and oxygen atoms in total. The first-order valence-corrected chi connectivity index (χ1v) is 8.72. The van der Waals surface area contributed by atoms with Gasteiger partial charge in [0.1, 0.15) is 5.60 Å². The molecule has 0 bridgehead atoms. The van der Waals surface area contributed by atoms with Gasteiger partial charge in [-0.2, -0.15) is 0 Å². The van der Waals surface area contributed by atoms with E-state index in [0.29, 0.717) is 18.0 Å². The van der Waals surface area contributed by atoms with Crippen molar-refractivity contribution in [2.24, 2.45) is 0 Å². The van der Waals surface area contributed by atoms with Crippen LogP contribution in [0.4, 0.5) is 13.6 Å². The summed E-state index contributed by atoms with van der Waals surface area (Å²) in [4.78, 5) is 14.6. The minimum Gasteiger partial charge on any atom is -0.444 e. The Hall–Kier alpha value is -1.30. The van der Waals surface area contributed by atoms with Crippen LogP contribution < -0.4 is 0 Å². The van der Waals surface area contributed by atoms with E-state index in [9.17, 15) is 13.6 Å². The van der Waals surface area contributed by atoms with Crippen molar-refractivity contribution in [3.8, 4) is 0 Å². The molecule has 2 rings (SSSR count). The molecule has 0 saturated carbocycles. The van der Waals surface area contributed by atoms with Crippen LogP contribution in [0.3, 0.4) is 0 Å². The lowest BCUT2D eigenvalue weighted by atomic mass is 10.2. The van der Waals surface area contributed by atoms with Gasteiger partial charge >= 0.3 is 6.09 Å². The highest BCUT2D eigenvalue weighted by Gasteiger charge is 2.27. The number of nitrogens with zero attached hydrogens (tertiary/aromatic N) is 1. The number of halogens is 2. The molecule has 1 unspecified atom stereocenters. The van der Waals surface area contributed by atoms with Crippen LogP contribution in [-0.2, 0) is 4.74 Å². The van der Waals surface area contributed by atoms with Gasteiger partial charge in [-0.1, -0.05) is 6.42 Å². The van der Waals surface area contributed by atoms with Crippen molar-refractivity contribution in [2.45, 2.75) is 55.8 Å². The Morgan fingerprint density at radius 3 is 2.65 bits per heavy atom. The van der Waals surface area contributed by atoms with E-state index in [2.05, 4.69) is 0 Å². The number of hydrogen-bond acceptors (Lipinski definition) is 3. The summed E-state index contributed by atoms with van der Waals surface area (Å²) in [5.41, 5.74) is -0.522. The minimum atomic E-state index is -0.842. The molecular formula is C17H23F2NO2S. The Labute approximate surface area is 140 Å². The molecule has 1 saturated heterocycles. The number of carbonyl (C=O) groups excluding carboxylic acids is 1. The first-order chi connectivity index (χ1) is 10.7. The number of ether oxygens (including phenoxy) is 1. The fourth-order valence-corrected chi connectivity index (χ4v) is 3.68. The largest absolute Gasteiger partial charge is 0.444 e. The standard InChI is InChI=1S/C17H23F2NO2S/c1-17(2,3)22-16(21)20-9-5-4-6-13(11-20)23-12-7-8-14(18)15(19)10-12/h7-8,10,13H,4-6,9,11H2,1-3H3. The summed E-state index contributed by atoms with van der Waals surface area (Å²) < 4.78 is 31.8. The van der Waals surface area contributed by atoms with Crippen LogP contribution in [0.1, 0.15) is 40.0 Å². The summed E-state index contributed by atoms with van der Waals surface area (Å²) in [6.07, 6.45) is 2.55. The molecule has 1 heterocycles. The first kappa shape index (κ1) is 18.0. The molecule has 1 fully saturated rings. The van der Waals surface area contributed by atoms with Crippen molar-refractivity contribution < 1.29 is 18.3 Å². The fourth-order valence-electron chi connectivity index (χ4n) is 2.43. The lowest BCUT2D eigenvalue weighted by molar-refractivity contribution is 0.0259. The highest BCUT2D eigenvalue weighted by molar-refractivity contribution is 8.00. The molecule has 0 aliphatic carbocycles. The second-order valence-corrected chi connectivity index (χ2v) is 8.11. The number of benzene rings is 1. The van der Waals surface area contributed by atoms with Gasteiger partial charge in [-0.3, -0.25) is 0 Å². The van der Waals surface area contributed by atoms with Gasteiger partial charge in [-0.15, -0.1) is 11.8 Å². The van der Waals surface area contributed by atoms with E-state index in [-0.39, 0.29) is 11.3 Å². The van der Waals surface area contributed by atoms with Crippen LogP contribution in [0.5, 0.6) is 0 Å². The SMILES string of the molecule is CC(C)(C)OC(=O)N1CCCCC(Sc2ccc(F)c(F)c2)C1. The van der Waals surface area contributed by atoms with Gasteiger partial charge in [0.25, 0.3) is 0 Å². The molecule has 0 aromatic heterocycles. The van der Waals surface area contributed by atoms with Crippen molar-refractivity contribution in [3.63, 3.8) is 0 Å². The van der Waals surface area contributed by atoms with Crippen LogP contribution in [0.2, 0.25) is 0 Å². The van der Waals surface area contributed by atoms with Crippen molar-refractivity contribution in [1.29, 1.82) is 0 Å². The van der Waals surface area contributed by atoms with E-state index in [1.54, 1.807) is 11.0 Å². The Kier molecular flexibility index (Phi) is 5.89. The zero-order valence-corrected chi connectivity index (χ0v) is 14.6. The highest BCUT2D eigenvalue weighted by atomic mass is 32.2. The Morgan fingerprint density at radius 2 is 2.00 bits per heavy atom. The normalized spacial score (nSPS) is 19.3. The third-order valence-electron chi connectivity index (χ3n) is 3.47. The summed E-state index contributed by atoms with van der Waals surface area (Å²) in [5, 5.41) is 0.148. The number of likely N-dealkylation sites (tertiary alicyclic amines) is 1. The molecule has 0 spiro atoms. The van der Waals surface area contributed by atoms with Crippen molar-refractivity contribution in [2.75, 3.05) is 13.1 Å². The average Bonchev–Trinajstić information content (AvgIpc) is 2.67. The predicted molar refractivity (Wildman–Crippen MR) is 87.7 cm³/mol. The van der Waals surface area contributed by atoms with E-state index in [1.165, 1.54) is 17.8 Å². The van der Waals surface area contributed by atoms with Crippen molar-refractivity contribution in [3.05, 3.63) is 29.8 Å². The van der Waals surface area contributed by atoms with Gasteiger partial charge in [0, 0.05) is 23.2 Å². The molecule has 1 aliphatic rings. The van der Waals surface area contributed by atoms with Gasteiger partial charge in [-0.05, 0) is 51.8 Å². The fraction of sp³-hybridized carbons (Fsp3) is 0.588. The summed E-state index contributed by atoms with van der Waals surface area (Å²) in [6.45, 7) is 6.76. The molecule has 1 atom stereocenters. The summed E-state index contributed by atoms with van der Waals surface area (Å²) in [7, 11) is 0. The first-order valence-electron chi connectivity index (χ1n) is 7.84. The van der Waals surface area contributed by atoms with E-state index >= 15 is 0 Å². The van der Waals surface area contributed by atoms with Crippen LogP contribution in [-0.4, -0.2) is 34.9 Å². The monoisotopic (exact) mass is 343 g/mol. The zero-order chi connectivity index (χ0) is 17.0. The molecule has 6 heteroatoms. The quantitative estimate of drug-likeness (QED) is 0.769. The van der Waals surface area contributed by atoms with E-state index in [4.69, 9.17) is 4.74 Å². The molecule has 0 radical (unpaired) electrons. The summed E-state index contributed by atoms with van der Waals surface area (Å²) in [6, 6.07) is 3.93. The summed E-state index contributed by atoms with van der Waals surface area (Å²) in [5.74, 6) is -1.68. The topological polar surface area (TPSA) is 29.5 Å². The van der Waals surface area contributed by atoms with Crippen LogP contribution in [0.25, 0.3) is 0 Å². The Balaban J connectivity index is 2.01. The maximum atomic E-state index is 13.3. The molecule has 1 aromatic carbocycles. The van der Waals surface area contributed by atoms with Gasteiger partial charge < -0.3 is 9.64 Å². The maximum absolute atomic E-state index is 13.3. The van der Waals surface area contributed by atoms with Crippen LogP contribution in [0, 0.1) is 11.6 Å². The lowest BCUT2D eigenvalue weighted by Gasteiger charge is -2.28. The second-order valence-electron chi connectivity index (χ2n) is 6.74. The molecule has 128 valence electrons. The maximum Gasteiger partial charge on any atom is 0.410 e. The van der Waals surface area contributed by atoms with Crippen LogP contribution >= 0.6 is 11.8 Å². The minimum absolute atomic E-state index is 0.148. The number of rotatable bonds is 2. The molecule has 1 amide bonds. The number of hydrogen-bond donors (Lipinski definition) is 0. The average molecular weight is 343 g/mol. The van der Waals surface area contributed by atoms with Crippen molar-refractivity contribution >= 4 is 17.9 Å². The van der Waals surface area contributed by atoms with Gasteiger partial charge in [-0.25, -0.2) is 13.6 Å². The molecule has 23 heavy (non-hydrogen) atoms. The highest BCUT2D eigenvalue weighted by Crippen LogP contribution is 2.30. The van der Waals surface area contributed by atoms with E-state index in [1.807, 2.05) is 20.8 Å². The smallest absolute Gasteiger partial charge is 0.410 e. The molecule has 1 aliphatic heterocycles. The van der Waals surface area contributed by atoms with Gasteiger partial charge in [0.05, 0.1) is 0 Å². The third kappa shape index (κ3) is 5.68.